The van der Waals surface area contributed by atoms with E-state index in [1.54, 1.807) is 0 Å². The Hall–Kier alpha value is -1.42. The molecule has 1 aromatic rings. The number of nitrogens with two attached hydrogens (primary N) is 1. The summed E-state index contributed by atoms with van der Waals surface area (Å²) in [5, 5.41) is 2.56. The molecule has 2 rings (SSSR count). The van der Waals surface area contributed by atoms with Crippen LogP contribution in [-0.4, -0.2) is 5.91 Å². The topological polar surface area (TPSA) is 55.1 Å². The molecule has 1 amide bonds. The minimum Gasteiger partial charge on any atom is -0.326 e. The summed E-state index contributed by atoms with van der Waals surface area (Å²) >= 11 is 0. The molecule has 3 N–H and O–H groups in total. The number of nitrogens with one attached hydrogen (secondary N) is 1. The molecule has 0 spiro atoms. The number of hydrogen-bond donors (Lipinski definition) is 2. The highest BCUT2D eigenvalue weighted by Crippen LogP contribution is 2.37. The van der Waals surface area contributed by atoms with E-state index in [4.69, 9.17) is 5.73 Å². The zero-order chi connectivity index (χ0) is 11.0. The van der Waals surface area contributed by atoms with Crippen LogP contribution in [0.1, 0.15) is 30.4 Å². The molecular formula is C11H13FN2O. The Labute approximate surface area is 87.5 Å². The van der Waals surface area contributed by atoms with Gasteiger partial charge in [-0.1, -0.05) is 13.0 Å². The summed E-state index contributed by atoms with van der Waals surface area (Å²) in [4.78, 5) is 11.5. The van der Waals surface area contributed by atoms with E-state index in [2.05, 4.69) is 5.32 Å². The average Bonchev–Trinajstić information content (AvgIpc) is 2.54. The highest BCUT2D eigenvalue weighted by Gasteiger charge is 2.31. The lowest BCUT2D eigenvalue weighted by Gasteiger charge is -2.07. The molecule has 15 heavy (non-hydrogen) atoms. The van der Waals surface area contributed by atoms with E-state index in [-0.39, 0.29) is 18.4 Å². The molecule has 4 heteroatoms. The second-order valence-corrected chi connectivity index (χ2v) is 3.70. The van der Waals surface area contributed by atoms with Crippen LogP contribution in [0.4, 0.5) is 10.1 Å². The van der Waals surface area contributed by atoms with Crippen molar-refractivity contribution in [1.82, 2.24) is 0 Å². The van der Waals surface area contributed by atoms with Crippen LogP contribution in [0.5, 0.6) is 0 Å². The van der Waals surface area contributed by atoms with E-state index in [1.807, 2.05) is 13.0 Å². The van der Waals surface area contributed by atoms with Crippen LogP contribution >= 0.6 is 0 Å². The zero-order valence-corrected chi connectivity index (χ0v) is 8.51. The van der Waals surface area contributed by atoms with Gasteiger partial charge in [0, 0.05) is 6.54 Å². The van der Waals surface area contributed by atoms with E-state index in [1.165, 1.54) is 6.07 Å². The number of anilines is 1. The molecule has 0 aromatic heterocycles. The Kier molecular flexibility index (Phi) is 2.44. The molecule has 3 nitrogen and oxygen atoms in total. The van der Waals surface area contributed by atoms with Gasteiger partial charge in [0.1, 0.15) is 5.82 Å². The number of amides is 1. The second kappa shape index (κ2) is 3.62. The molecule has 0 fully saturated rings. The predicted molar refractivity (Wildman–Crippen MR) is 56.0 cm³/mol. The number of fused-ring (bicyclic) bond motifs is 1. The molecule has 1 unspecified atom stereocenters. The maximum atomic E-state index is 13.6. The maximum Gasteiger partial charge on any atom is 0.232 e. The fourth-order valence-electron chi connectivity index (χ4n) is 1.97. The average molecular weight is 208 g/mol. The van der Waals surface area contributed by atoms with Crippen molar-refractivity contribution in [3.05, 3.63) is 29.1 Å². The van der Waals surface area contributed by atoms with Crippen LogP contribution in [0, 0.1) is 5.82 Å². The molecule has 80 valence electrons. The first-order valence-corrected chi connectivity index (χ1v) is 5.00. The molecule has 0 radical (unpaired) electrons. The van der Waals surface area contributed by atoms with Crippen LogP contribution in [0.3, 0.4) is 0 Å². The van der Waals surface area contributed by atoms with E-state index < -0.39 is 5.82 Å². The minimum absolute atomic E-state index is 0.124. The zero-order valence-electron chi connectivity index (χ0n) is 8.51. The summed E-state index contributed by atoms with van der Waals surface area (Å²) in [5.41, 5.74) is 7.25. The third-order valence-electron chi connectivity index (χ3n) is 2.76. The number of hydrogen-bond acceptors (Lipinski definition) is 2. The fourth-order valence-corrected chi connectivity index (χ4v) is 1.97. The second-order valence-electron chi connectivity index (χ2n) is 3.70. The monoisotopic (exact) mass is 208 g/mol. The van der Waals surface area contributed by atoms with Crippen LogP contribution in [0.15, 0.2) is 12.1 Å². The van der Waals surface area contributed by atoms with Gasteiger partial charge in [0.15, 0.2) is 0 Å². The summed E-state index contributed by atoms with van der Waals surface area (Å²) in [5.74, 6) is -0.751. The third-order valence-corrected chi connectivity index (χ3v) is 2.76. The highest BCUT2D eigenvalue weighted by atomic mass is 19.1. The van der Waals surface area contributed by atoms with E-state index in [9.17, 15) is 9.18 Å². The van der Waals surface area contributed by atoms with Crippen molar-refractivity contribution in [2.24, 2.45) is 5.73 Å². The molecular weight excluding hydrogens is 195 g/mol. The standard InChI is InChI=1S/C11H13FN2O/c1-2-7-8-3-6(5-13)4-9(12)10(8)14-11(7)15/h3-4,7H,2,5,13H2,1H3,(H,14,15). The lowest BCUT2D eigenvalue weighted by Crippen LogP contribution is -2.10. The van der Waals surface area contributed by atoms with Crippen LogP contribution in [-0.2, 0) is 11.3 Å². The molecule has 0 saturated carbocycles. The van der Waals surface area contributed by atoms with Gasteiger partial charge in [-0.2, -0.15) is 0 Å². The normalized spacial score (nSPS) is 18.9. The Morgan fingerprint density at radius 2 is 2.27 bits per heavy atom. The minimum atomic E-state index is -0.391. The van der Waals surface area contributed by atoms with Crippen molar-refractivity contribution in [3.8, 4) is 0 Å². The number of carbonyl (C=O) groups excluding carboxylic acids is 1. The Morgan fingerprint density at radius 3 is 2.87 bits per heavy atom. The molecule has 0 bridgehead atoms. The first kappa shape index (κ1) is 10.1. The Balaban J connectivity index is 2.54. The van der Waals surface area contributed by atoms with Crippen molar-refractivity contribution in [3.63, 3.8) is 0 Å². The molecule has 0 saturated heterocycles. The van der Waals surface area contributed by atoms with Gasteiger partial charge in [0.05, 0.1) is 11.6 Å². The number of benzene rings is 1. The van der Waals surface area contributed by atoms with Crippen LogP contribution in [0.2, 0.25) is 0 Å². The van der Waals surface area contributed by atoms with E-state index in [0.717, 1.165) is 11.1 Å². The predicted octanol–water partition coefficient (Wildman–Crippen LogP) is 1.73. The maximum absolute atomic E-state index is 13.6. The number of carbonyl (C=O) groups is 1. The largest absolute Gasteiger partial charge is 0.326 e. The van der Waals surface area contributed by atoms with Gasteiger partial charge in [0.25, 0.3) is 0 Å². The lowest BCUT2D eigenvalue weighted by atomic mass is 9.96. The van der Waals surface area contributed by atoms with Gasteiger partial charge < -0.3 is 11.1 Å². The van der Waals surface area contributed by atoms with Gasteiger partial charge >= 0.3 is 0 Å². The number of rotatable bonds is 2. The SMILES string of the molecule is CCC1C(=O)Nc2c(F)cc(CN)cc21. The van der Waals surface area contributed by atoms with Crippen molar-refractivity contribution in [2.75, 3.05) is 5.32 Å². The summed E-state index contributed by atoms with van der Waals surface area (Å²) in [7, 11) is 0. The molecule has 1 aromatic carbocycles. The lowest BCUT2D eigenvalue weighted by molar-refractivity contribution is -0.117. The van der Waals surface area contributed by atoms with Gasteiger partial charge in [-0.15, -0.1) is 0 Å². The van der Waals surface area contributed by atoms with Gasteiger partial charge in [0.2, 0.25) is 5.91 Å². The summed E-state index contributed by atoms with van der Waals surface area (Å²) in [6.07, 6.45) is 0.673. The van der Waals surface area contributed by atoms with Gasteiger partial charge in [-0.25, -0.2) is 4.39 Å². The van der Waals surface area contributed by atoms with Crippen molar-refractivity contribution >= 4 is 11.6 Å². The molecule has 1 aliphatic heterocycles. The van der Waals surface area contributed by atoms with Gasteiger partial charge in [-0.05, 0) is 23.6 Å². The van der Waals surface area contributed by atoms with Gasteiger partial charge in [-0.3, -0.25) is 4.79 Å². The Bertz CT molecular complexity index is 417. The Morgan fingerprint density at radius 1 is 1.53 bits per heavy atom. The molecule has 1 atom stereocenters. The molecule has 0 aliphatic carbocycles. The number of halogens is 1. The molecule has 1 heterocycles. The van der Waals surface area contributed by atoms with Crippen molar-refractivity contribution in [2.45, 2.75) is 25.8 Å². The third kappa shape index (κ3) is 1.51. The smallest absolute Gasteiger partial charge is 0.232 e. The van der Waals surface area contributed by atoms with Crippen molar-refractivity contribution < 1.29 is 9.18 Å². The van der Waals surface area contributed by atoms with E-state index >= 15 is 0 Å². The first-order chi connectivity index (χ1) is 7.17. The summed E-state index contributed by atoms with van der Waals surface area (Å²) < 4.78 is 13.6. The quantitative estimate of drug-likeness (QED) is 0.777. The van der Waals surface area contributed by atoms with Crippen molar-refractivity contribution in [1.29, 1.82) is 0 Å². The first-order valence-electron chi connectivity index (χ1n) is 5.00. The fraction of sp³-hybridized carbons (Fsp3) is 0.364. The summed E-state index contributed by atoms with van der Waals surface area (Å²) in [6, 6.07) is 3.18. The van der Waals surface area contributed by atoms with Crippen LogP contribution < -0.4 is 11.1 Å². The summed E-state index contributed by atoms with van der Waals surface area (Å²) in [6.45, 7) is 2.20. The van der Waals surface area contributed by atoms with Crippen LogP contribution in [0.25, 0.3) is 0 Å². The van der Waals surface area contributed by atoms with E-state index in [0.29, 0.717) is 12.1 Å². The molecule has 1 aliphatic rings. The highest BCUT2D eigenvalue weighted by molar-refractivity contribution is 6.03.